The number of thiazole rings is 1. The van der Waals surface area contributed by atoms with Gasteiger partial charge in [-0.2, -0.15) is 0 Å². The zero-order valence-corrected chi connectivity index (χ0v) is 14.1. The van der Waals surface area contributed by atoms with Gasteiger partial charge in [0, 0.05) is 22.7 Å². The normalized spacial score (nSPS) is 24.9. The minimum absolute atomic E-state index is 0.375. The molecule has 0 N–H and O–H groups in total. The van der Waals surface area contributed by atoms with Gasteiger partial charge >= 0.3 is 0 Å². The Kier molecular flexibility index (Phi) is 4.29. The largest absolute Gasteiger partial charge is 0.318 e. The molecule has 0 fully saturated rings. The molecule has 0 radical (unpaired) electrons. The predicted octanol–water partition coefficient (Wildman–Crippen LogP) is 3.13. The smallest absolute Gasteiger partial charge is 0.185 e. The lowest BCUT2D eigenvalue weighted by atomic mass is 9.66. The van der Waals surface area contributed by atoms with Crippen LogP contribution in [0.15, 0.2) is 4.99 Å². The highest BCUT2D eigenvalue weighted by atomic mass is 32.1. The summed E-state index contributed by atoms with van der Waals surface area (Å²) in [6, 6.07) is 0.888. The maximum Gasteiger partial charge on any atom is 0.185 e. The molecule has 1 aliphatic rings. The number of rotatable bonds is 2. The summed E-state index contributed by atoms with van der Waals surface area (Å²) in [5.74, 6) is 0. The first-order valence-corrected chi connectivity index (χ1v) is 8.39. The van der Waals surface area contributed by atoms with E-state index in [0.29, 0.717) is 17.4 Å². The first kappa shape index (κ1) is 14.9. The number of fused-ring (bicyclic) bond motifs is 1. The van der Waals surface area contributed by atoms with Gasteiger partial charge in [-0.1, -0.05) is 18.7 Å². The van der Waals surface area contributed by atoms with Crippen molar-refractivity contribution in [3.05, 3.63) is 15.4 Å². The Morgan fingerprint density at radius 3 is 2.58 bits per heavy atom. The molecule has 4 heteroatoms. The molecule has 0 spiro atoms. The molecule has 0 saturated heterocycles. The molecule has 1 aliphatic carbocycles. The minimum atomic E-state index is 0.375. The van der Waals surface area contributed by atoms with Crippen LogP contribution in [0.2, 0.25) is 5.31 Å². The quantitative estimate of drug-likeness (QED) is 0.584. The molecule has 1 aromatic heterocycles. The Hall–Kier alpha value is -0.505. The van der Waals surface area contributed by atoms with Crippen LogP contribution in [0.3, 0.4) is 0 Å². The van der Waals surface area contributed by atoms with Gasteiger partial charge in [-0.25, -0.2) is 0 Å². The Morgan fingerprint density at radius 2 is 2.00 bits per heavy atom. The van der Waals surface area contributed by atoms with Crippen molar-refractivity contribution >= 4 is 19.2 Å². The van der Waals surface area contributed by atoms with Gasteiger partial charge in [0.2, 0.25) is 0 Å². The van der Waals surface area contributed by atoms with E-state index in [9.17, 15) is 0 Å². The van der Waals surface area contributed by atoms with E-state index in [0.717, 1.165) is 0 Å². The first-order valence-electron chi connectivity index (χ1n) is 7.57. The summed E-state index contributed by atoms with van der Waals surface area (Å²) >= 11 is 1.93. The molecule has 106 valence electrons. The third kappa shape index (κ3) is 3.33. The Bertz CT molecular complexity index is 509. The highest BCUT2D eigenvalue weighted by Gasteiger charge is 2.27. The lowest BCUT2D eigenvalue weighted by Gasteiger charge is -2.21. The Morgan fingerprint density at radius 1 is 1.32 bits per heavy atom. The van der Waals surface area contributed by atoms with E-state index in [-0.39, 0.29) is 0 Å². The minimum Gasteiger partial charge on any atom is -0.318 e. The Balaban J connectivity index is 2.56. The summed E-state index contributed by atoms with van der Waals surface area (Å²) in [7, 11) is 2.40. The second kappa shape index (κ2) is 5.47. The Labute approximate surface area is 122 Å². The molecule has 1 atom stereocenters. The van der Waals surface area contributed by atoms with Crippen molar-refractivity contribution in [2.45, 2.75) is 77.7 Å². The number of aromatic nitrogens is 1. The second-order valence-electron chi connectivity index (χ2n) is 7.14. The fraction of sp³-hybridized carbons (Fsp3) is 0.800. The first-order chi connectivity index (χ1) is 8.80. The second-order valence-corrected chi connectivity index (χ2v) is 8.20. The topological polar surface area (TPSA) is 17.3 Å². The molecule has 2 nitrogen and oxygen atoms in total. The van der Waals surface area contributed by atoms with Gasteiger partial charge in [-0.3, -0.25) is 4.99 Å². The summed E-state index contributed by atoms with van der Waals surface area (Å²) in [5, 5.41) is 0.444. The summed E-state index contributed by atoms with van der Waals surface area (Å²) < 4.78 is 2.49. The SMILES string of the molecule is BC1(C)CCCc2c(s/c(=N\C(C)C)n2C(C)C)C1. The van der Waals surface area contributed by atoms with Crippen LogP contribution in [-0.2, 0) is 12.8 Å². The van der Waals surface area contributed by atoms with Gasteiger partial charge in [0.1, 0.15) is 7.85 Å². The fourth-order valence-corrected chi connectivity index (χ4v) is 4.65. The molecule has 0 aromatic carbocycles. The maximum absolute atomic E-state index is 4.85. The van der Waals surface area contributed by atoms with Crippen molar-refractivity contribution in [1.82, 2.24) is 4.57 Å². The van der Waals surface area contributed by atoms with Crippen LogP contribution in [0.25, 0.3) is 0 Å². The zero-order chi connectivity index (χ0) is 14.2. The summed E-state index contributed by atoms with van der Waals surface area (Å²) in [6.45, 7) is 11.3. The van der Waals surface area contributed by atoms with Gasteiger partial charge < -0.3 is 4.57 Å². The molecular formula is C15H27BN2S. The third-order valence-corrected chi connectivity index (χ3v) is 4.94. The number of hydrogen-bond donors (Lipinski definition) is 0. The van der Waals surface area contributed by atoms with Crippen LogP contribution < -0.4 is 4.80 Å². The van der Waals surface area contributed by atoms with E-state index in [1.807, 2.05) is 11.3 Å². The van der Waals surface area contributed by atoms with Gasteiger partial charge in [0.25, 0.3) is 0 Å². The summed E-state index contributed by atoms with van der Waals surface area (Å²) in [6.07, 6.45) is 5.09. The van der Waals surface area contributed by atoms with E-state index in [1.54, 1.807) is 10.6 Å². The van der Waals surface area contributed by atoms with Crippen molar-refractivity contribution in [3.63, 3.8) is 0 Å². The molecule has 0 bridgehead atoms. The lowest BCUT2D eigenvalue weighted by molar-refractivity contribution is 0.532. The molecular weight excluding hydrogens is 251 g/mol. The van der Waals surface area contributed by atoms with Crippen molar-refractivity contribution in [2.75, 3.05) is 0 Å². The molecule has 0 saturated carbocycles. The highest BCUT2D eigenvalue weighted by Crippen LogP contribution is 2.38. The van der Waals surface area contributed by atoms with Gasteiger partial charge in [-0.05, 0) is 47.0 Å². The molecule has 0 aliphatic heterocycles. The monoisotopic (exact) mass is 278 g/mol. The van der Waals surface area contributed by atoms with E-state index in [4.69, 9.17) is 4.99 Å². The van der Waals surface area contributed by atoms with Gasteiger partial charge in [-0.15, -0.1) is 11.3 Å². The van der Waals surface area contributed by atoms with Crippen LogP contribution in [0, 0.1) is 0 Å². The van der Waals surface area contributed by atoms with E-state index >= 15 is 0 Å². The van der Waals surface area contributed by atoms with E-state index in [2.05, 4.69) is 47.0 Å². The zero-order valence-electron chi connectivity index (χ0n) is 13.3. The van der Waals surface area contributed by atoms with Crippen LogP contribution >= 0.6 is 11.3 Å². The maximum atomic E-state index is 4.85. The van der Waals surface area contributed by atoms with Crippen molar-refractivity contribution in [2.24, 2.45) is 4.99 Å². The molecule has 0 amide bonds. The van der Waals surface area contributed by atoms with Crippen molar-refractivity contribution in [1.29, 1.82) is 0 Å². The van der Waals surface area contributed by atoms with Crippen LogP contribution in [0.4, 0.5) is 0 Å². The number of hydrogen-bond acceptors (Lipinski definition) is 2. The average molecular weight is 278 g/mol. The van der Waals surface area contributed by atoms with Crippen LogP contribution in [-0.4, -0.2) is 18.5 Å². The summed E-state index contributed by atoms with van der Waals surface area (Å²) in [4.78, 5) is 7.65. The molecule has 2 rings (SSSR count). The summed E-state index contributed by atoms with van der Waals surface area (Å²) in [5.41, 5.74) is 1.56. The number of nitrogens with zero attached hydrogens (tertiary/aromatic N) is 2. The predicted molar refractivity (Wildman–Crippen MR) is 86.9 cm³/mol. The lowest BCUT2D eigenvalue weighted by Crippen LogP contribution is -2.21. The fourth-order valence-electron chi connectivity index (χ4n) is 2.97. The van der Waals surface area contributed by atoms with E-state index < -0.39 is 0 Å². The van der Waals surface area contributed by atoms with Crippen LogP contribution in [0.5, 0.6) is 0 Å². The van der Waals surface area contributed by atoms with Crippen molar-refractivity contribution < 1.29 is 0 Å². The standard InChI is InChI=1S/C15H27BN2S/c1-10(2)17-14-18(11(3)4)12-7-6-8-15(5,16)9-13(12)19-14/h10-11H,6-9,16H2,1-5H3/b17-14-. The van der Waals surface area contributed by atoms with Crippen molar-refractivity contribution in [3.8, 4) is 0 Å². The molecule has 19 heavy (non-hydrogen) atoms. The highest BCUT2D eigenvalue weighted by molar-refractivity contribution is 7.09. The van der Waals surface area contributed by atoms with Gasteiger partial charge in [0.05, 0.1) is 0 Å². The van der Waals surface area contributed by atoms with E-state index in [1.165, 1.54) is 30.5 Å². The van der Waals surface area contributed by atoms with Crippen LogP contribution in [0.1, 0.15) is 64.1 Å². The molecule has 1 heterocycles. The third-order valence-electron chi connectivity index (χ3n) is 3.82. The molecule has 1 unspecified atom stereocenters. The average Bonchev–Trinajstić information content (AvgIpc) is 2.46. The van der Waals surface area contributed by atoms with Gasteiger partial charge in [0.15, 0.2) is 4.80 Å². The molecule has 1 aromatic rings.